The molecular weight excluding hydrogens is 334 g/mol. The van der Waals surface area contributed by atoms with Gasteiger partial charge in [-0.1, -0.05) is 64.7 Å². The van der Waals surface area contributed by atoms with Crippen molar-refractivity contribution in [1.29, 1.82) is 0 Å². The van der Waals surface area contributed by atoms with Crippen molar-refractivity contribution in [3.05, 3.63) is 29.8 Å². The molecule has 0 amide bonds. The molecule has 1 N–H and O–H groups in total. The maximum atomic E-state index is 12.7. The maximum absolute atomic E-state index is 12.7. The minimum atomic E-state index is -0.535. The number of ketones is 1. The highest BCUT2D eigenvalue weighted by molar-refractivity contribution is 6.02. The molecule has 0 bridgehead atoms. The average Bonchev–Trinajstić information content (AvgIpc) is 2.66. The van der Waals surface area contributed by atoms with Crippen molar-refractivity contribution in [2.75, 3.05) is 13.2 Å². The van der Waals surface area contributed by atoms with Crippen LogP contribution in [0.4, 0.5) is 0 Å². The fourth-order valence-corrected chi connectivity index (χ4v) is 3.32. The Kier molecular flexibility index (Phi) is 12.1. The number of ether oxygens (including phenoxy) is 1. The van der Waals surface area contributed by atoms with Gasteiger partial charge in [-0.2, -0.15) is 0 Å². The average molecular weight is 376 g/mol. The highest BCUT2D eigenvalue weighted by atomic mass is 16.5. The Morgan fingerprint density at radius 1 is 0.852 bits per heavy atom. The lowest BCUT2D eigenvalue weighted by Gasteiger charge is -2.25. The van der Waals surface area contributed by atoms with Crippen molar-refractivity contribution in [1.82, 2.24) is 5.32 Å². The molecule has 0 aliphatic rings. The highest BCUT2D eigenvalue weighted by Crippen LogP contribution is 2.18. The number of carbonyl (C=O) groups excluding carboxylic acids is 1. The summed E-state index contributed by atoms with van der Waals surface area (Å²) in [6.45, 7) is 9.70. The monoisotopic (exact) mass is 375 g/mol. The molecule has 27 heavy (non-hydrogen) atoms. The van der Waals surface area contributed by atoms with E-state index in [2.05, 4.69) is 12.2 Å². The Morgan fingerprint density at radius 3 is 1.89 bits per heavy atom. The van der Waals surface area contributed by atoms with Crippen LogP contribution in [0.25, 0.3) is 0 Å². The summed E-state index contributed by atoms with van der Waals surface area (Å²) in [5.41, 5.74) is 0.200. The molecule has 1 aromatic carbocycles. The van der Waals surface area contributed by atoms with E-state index in [0.29, 0.717) is 6.61 Å². The molecular formula is C24H41NO2. The van der Waals surface area contributed by atoms with Gasteiger partial charge in [-0.05, 0) is 58.0 Å². The Bertz CT molecular complexity index is 508. The van der Waals surface area contributed by atoms with Crippen LogP contribution < -0.4 is 10.1 Å². The Balaban J connectivity index is 2.18. The van der Waals surface area contributed by atoms with Crippen LogP contribution in [0, 0.1) is 0 Å². The van der Waals surface area contributed by atoms with Crippen LogP contribution in [0.2, 0.25) is 0 Å². The van der Waals surface area contributed by atoms with E-state index in [4.69, 9.17) is 4.74 Å². The summed E-state index contributed by atoms with van der Waals surface area (Å²) in [4.78, 5) is 12.7. The van der Waals surface area contributed by atoms with Gasteiger partial charge >= 0.3 is 0 Å². The number of hydrogen-bond acceptors (Lipinski definition) is 3. The minimum Gasteiger partial charge on any atom is -0.494 e. The third kappa shape index (κ3) is 9.95. The van der Waals surface area contributed by atoms with Crippen LogP contribution in [0.15, 0.2) is 24.3 Å². The van der Waals surface area contributed by atoms with Crippen LogP contribution in [0.3, 0.4) is 0 Å². The number of rotatable bonds is 16. The molecule has 0 saturated carbocycles. The number of Topliss-reactive ketones (excluding diaryl/α,β-unsaturated/α-hetero) is 1. The minimum absolute atomic E-state index is 0.137. The third-order valence-corrected chi connectivity index (χ3v) is 5.09. The predicted octanol–water partition coefficient (Wildman–Crippen LogP) is 6.56. The van der Waals surface area contributed by atoms with Crippen LogP contribution in [0.1, 0.15) is 102 Å². The van der Waals surface area contributed by atoms with Gasteiger partial charge in [0.25, 0.3) is 0 Å². The number of benzene rings is 1. The van der Waals surface area contributed by atoms with Crippen molar-refractivity contribution < 1.29 is 9.53 Å². The summed E-state index contributed by atoms with van der Waals surface area (Å²) in [5.74, 6) is 0.947. The second-order valence-corrected chi connectivity index (χ2v) is 8.02. The molecule has 1 rings (SSSR count). The SMILES string of the molecule is CCCCCCCCCCCCNC(C)(C)C(=O)c1ccc(OCC)cc1. The first-order chi connectivity index (χ1) is 13.0. The van der Waals surface area contributed by atoms with Gasteiger partial charge in [-0.3, -0.25) is 4.79 Å². The zero-order valence-electron chi connectivity index (χ0n) is 18.1. The molecule has 0 heterocycles. The lowest BCUT2D eigenvalue weighted by atomic mass is 9.93. The first-order valence-electron chi connectivity index (χ1n) is 11.0. The number of carbonyl (C=O) groups is 1. The number of nitrogens with one attached hydrogen (secondary N) is 1. The smallest absolute Gasteiger partial charge is 0.182 e. The summed E-state index contributed by atoms with van der Waals surface area (Å²) in [6, 6.07) is 7.46. The maximum Gasteiger partial charge on any atom is 0.182 e. The van der Waals surface area contributed by atoms with Gasteiger partial charge in [0.2, 0.25) is 0 Å². The van der Waals surface area contributed by atoms with Gasteiger partial charge in [0.1, 0.15) is 5.75 Å². The van der Waals surface area contributed by atoms with Gasteiger partial charge in [0.15, 0.2) is 5.78 Å². The van der Waals surface area contributed by atoms with Gasteiger partial charge < -0.3 is 10.1 Å². The van der Waals surface area contributed by atoms with Gasteiger partial charge in [-0.15, -0.1) is 0 Å². The fourth-order valence-electron chi connectivity index (χ4n) is 3.32. The molecule has 0 fully saturated rings. The zero-order chi connectivity index (χ0) is 20.0. The van der Waals surface area contributed by atoms with Crippen molar-refractivity contribution in [3.63, 3.8) is 0 Å². The lowest BCUT2D eigenvalue weighted by molar-refractivity contribution is 0.0882. The molecule has 0 unspecified atom stereocenters. The van der Waals surface area contributed by atoms with E-state index >= 15 is 0 Å². The van der Waals surface area contributed by atoms with Crippen molar-refractivity contribution >= 4 is 5.78 Å². The van der Waals surface area contributed by atoms with Gasteiger partial charge in [-0.25, -0.2) is 0 Å². The zero-order valence-corrected chi connectivity index (χ0v) is 18.1. The molecule has 0 spiro atoms. The van der Waals surface area contributed by atoms with E-state index in [1.165, 1.54) is 57.8 Å². The van der Waals surface area contributed by atoms with E-state index in [1.54, 1.807) is 0 Å². The molecule has 1 aromatic rings. The van der Waals surface area contributed by atoms with Crippen LogP contribution in [-0.4, -0.2) is 24.5 Å². The van der Waals surface area contributed by atoms with E-state index in [1.807, 2.05) is 45.0 Å². The molecule has 3 heteroatoms. The van der Waals surface area contributed by atoms with E-state index in [9.17, 15) is 4.79 Å². The van der Waals surface area contributed by atoms with E-state index in [-0.39, 0.29) is 5.78 Å². The predicted molar refractivity (Wildman–Crippen MR) is 116 cm³/mol. The van der Waals surface area contributed by atoms with Crippen LogP contribution in [-0.2, 0) is 0 Å². The Morgan fingerprint density at radius 2 is 1.37 bits per heavy atom. The lowest BCUT2D eigenvalue weighted by Crippen LogP contribution is -2.47. The summed E-state index contributed by atoms with van der Waals surface area (Å²) in [5, 5.41) is 3.44. The summed E-state index contributed by atoms with van der Waals surface area (Å²) < 4.78 is 5.44. The first-order valence-corrected chi connectivity index (χ1v) is 11.0. The second-order valence-electron chi connectivity index (χ2n) is 8.02. The van der Waals surface area contributed by atoms with Crippen LogP contribution in [0.5, 0.6) is 5.75 Å². The quantitative estimate of drug-likeness (QED) is 0.263. The second kappa shape index (κ2) is 13.8. The highest BCUT2D eigenvalue weighted by Gasteiger charge is 2.27. The molecule has 0 saturated heterocycles. The fraction of sp³-hybridized carbons (Fsp3) is 0.708. The molecule has 3 nitrogen and oxygen atoms in total. The van der Waals surface area contributed by atoms with Gasteiger partial charge in [0, 0.05) is 5.56 Å². The summed E-state index contributed by atoms with van der Waals surface area (Å²) in [7, 11) is 0. The Hall–Kier alpha value is -1.35. The molecule has 0 aromatic heterocycles. The largest absolute Gasteiger partial charge is 0.494 e. The number of unbranched alkanes of at least 4 members (excludes halogenated alkanes) is 9. The molecule has 0 atom stereocenters. The number of hydrogen-bond donors (Lipinski definition) is 1. The topological polar surface area (TPSA) is 38.3 Å². The third-order valence-electron chi connectivity index (χ3n) is 5.09. The Labute approximate surface area is 167 Å². The standard InChI is InChI=1S/C24H41NO2/c1-5-7-8-9-10-11-12-13-14-15-20-25-24(3,4)23(26)21-16-18-22(19-17-21)27-6-2/h16-19,25H,5-15,20H2,1-4H3. The van der Waals surface area contributed by atoms with E-state index < -0.39 is 5.54 Å². The normalized spacial score (nSPS) is 11.6. The van der Waals surface area contributed by atoms with E-state index in [0.717, 1.165) is 24.3 Å². The first kappa shape index (κ1) is 23.7. The van der Waals surface area contributed by atoms with Crippen molar-refractivity contribution in [2.45, 2.75) is 97.4 Å². The molecule has 0 radical (unpaired) electrons. The summed E-state index contributed by atoms with van der Waals surface area (Å²) in [6.07, 6.45) is 13.3. The van der Waals surface area contributed by atoms with Crippen molar-refractivity contribution in [2.24, 2.45) is 0 Å². The van der Waals surface area contributed by atoms with Crippen molar-refractivity contribution in [3.8, 4) is 5.75 Å². The molecule has 0 aliphatic carbocycles. The molecule has 154 valence electrons. The van der Waals surface area contributed by atoms with Crippen LogP contribution >= 0.6 is 0 Å². The van der Waals surface area contributed by atoms with Gasteiger partial charge in [0.05, 0.1) is 12.1 Å². The summed E-state index contributed by atoms with van der Waals surface area (Å²) >= 11 is 0. The molecule has 0 aliphatic heterocycles.